The molecule has 1 N–H and O–H groups in total. The van der Waals surface area contributed by atoms with Crippen molar-refractivity contribution in [1.82, 2.24) is 4.90 Å². The van der Waals surface area contributed by atoms with Gasteiger partial charge in [0, 0.05) is 12.0 Å². The second-order valence-corrected chi connectivity index (χ2v) is 8.07. The Morgan fingerprint density at radius 2 is 1.69 bits per heavy atom. The average molecular weight is 426 g/mol. The van der Waals surface area contributed by atoms with E-state index in [1.807, 2.05) is 42.5 Å². The molecule has 3 aliphatic rings. The molecular formula is C26H22N2O4. The summed E-state index contributed by atoms with van der Waals surface area (Å²) < 4.78 is 11.0. The van der Waals surface area contributed by atoms with Gasteiger partial charge in [0.2, 0.25) is 0 Å². The highest BCUT2D eigenvalue weighted by Crippen LogP contribution is 2.53. The van der Waals surface area contributed by atoms with Crippen molar-refractivity contribution in [2.24, 2.45) is 0 Å². The minimum absolute atomic E-state index is 0.225. The van der Waals surface area contributed by atoms with Gasteiger partial charge in [-0.25, -0.2) is 0 Å². The number of nitrogens with zero attached hydrogens (tertiary/aromatic N) is 2. The summed E-state index contributed by atoms with van der Waals surface area (Å²) in [7, 11) is 3.12. The maximum absolute atomic E-state index is 13.7. The van der Waals surface area contributed by atoms with Crippen molar-refractivity contribution >= 4 is 5.91 Å². The predicted octanol–water partition coefficient (Wildman–Crippen LogP) is 3.59. The van der Waals surface area contributed by atoms with E-state index in [1.165, 1.54) is 4.90 Å². The largest absolute Gasteiger partial charge is 0.493 e. The fourth-order valence-corrected chi connectivity index (χ4v) is 5.14. The molecule has 0 aromatic heterocycles. The molecule has 0 saturated carbocycles. The van der Waals surface area contributed by atoms with E-state index in [-0.39, 0.29) is 12.3 Å². The highest BCUT2D eigenvalue weighted by atomic mass is 16.5. The van der Waals surface area contributed by atoms with Crippen LogP contribution in [0.1, 0.15) is 38.5 Å². The number of benzene rings is 3. The fourth-order valence-electron chi connectivity index (χ4n) is 5.14. The SMILES string of the molecule is COc1cc2c(cc1OC)[C@H]1c3ccccc3[C@](C#N)(C2)N(C(=O)c2ccccc2)[C@@H]1O. The molecule has 6 rings (SSSR count). The molecule has 1 amide bonds. The van der Waals surface area contributed by atoms with Crippen LogP contribution in [0.3, 0.4) is 0 Å². The Morgan fingerprint density at radius 1 is 1.03 bits per heavy atom. The average Bonchev–Trinajstić information content (AvgIpc) is 3.03. The summed E-state index contributed by atoms with van der Waals surface area (Å²) in [4.78, 5) is 15.0. The predicted molar refractivity (Wildman–Crippen MR) is 117 cm³/mol. The van der Waals surface area contributed by atoms with Crippen LogP contribution in [-0.2, 0) is 12.0 Å². The van der Waals surface area contributed by atoms with Crippen LogP contribution < -0.4 is 9.47 Å². The standard InChI is InChI=1S/C26H22N2O4/c1-31-21-12-17-14-26(15-27)20-11-7-6-10-18(20)23(19(17)13-22(21)32-2)25(30)28(26)24(29)16-8-4-3-5-9-16/h3-13,23,25,30H,14H2,1-2H3/t23-,25-,26-/m1/s1. The molecule has 0 fully saturated rings. The molecule has 2 heterocycles. The van der Waals surface area contributed by atoms with Gasteiger partial charge in [-0.1, -0.05) is 42.5 Å². The summed E-state index contributed by atoms with van der Waals surface area (Å²) in [5.74, 6) is 0.164. The first kappa shape index (κ1) is 20.1. The molecular weight excluding hydrogens is 404 g/mol. The summed E-state index contributed by atoms with van der Waals surface area (Å²) in [6.45, 7) is 0. The summed E-state index contributed by atoms with van der Waals surface area (Å²) in [6.07, 6.45) is -1.00. The first-order valence-electron chi connectivity index (χ1n) is 10.4. The fraction of sp³-hybridized carbons (Fsp3) is 0.231. The van der Waals surface area contributed by atoms with Gasteiger partial charge < -0.3 is 14.6 Å². The number of amides is 1. The van der Waals surface area contributed by atoms with Gasteiger partial charge in [0.05, 0.1) is 26.2 Å². The second kappa shape index (κ2) is 7.40. The number of nitriles is 1. The molecule has 0 unspecified atom stereocenters. The lowest BCUT2D eigenvalue weighted by Crippen LogP contribution is -2.58. The minimum Gasteiger partial charge on any atom is -0.493 e. The van der Waals surface area contributed by atoms with Gasteiger partial charge in [0.1, 0.15) is 6.23 Å². The van der Waals surface area contributed by atoms with E-state index in [4.69, 9.17) is 9.47 Å². The first-order valence-corrected chi connectivity index (χ1v) is 10.4. The number of ether oxygens (including phenoxy) is 2. The van der Waals surface area contributed by atoms with Crippen LogP contribution in [-0.4, -0.2) is 36.4 Å². The third-order valence-electron chi connectivity index (χ3n) is 6.57. The normalized spacial score (nSPS) is 22.9. The second-order valence-electron chi connectivity index (χ2n) is 8.07. The van der Waals surface area contributed by atoms with E-state index in [0.717, 1.165) is 22.3 Å². The van der Waals surface area contributed by atoms with Crippen LogP contribution in [0.2, 0.25) is 0 Å². The zero-order valence-electron chi connectivity index (χ0n) is 17.8. The molecule has 2 aliphatic heterocycles. The lowest BCUT2D eigenvalue weighted by Gasteiger charge is -2.47. The number of hydrogen-bond donors (Lipinski definition) is 1. The molecule has 32 heavy (non-hydrogen) atoms. The highest BCUT2D eigenvalue weighted by molar-refractivity contribution is 5.96. The molecule has 2 bridgehead atoms. The molecule has 1 aliphatic carbocycles. The number of aliphatic hydroxyl groups excluding tert-OH is 1. The Morgan fingerprint density at radius 3 is 2.38 bits per heavy atom. The minimum atomic E-state index is -1.37. The monoisotopic (exact) mass is 426 g/mol. The number of aliphatic hydroxyl groups is 1. The van der Waals surface area contributed by atoms with Crippen LogP contribution in [0.25, 0.3) is 0 Å². The van der Waals surface area contributed by atoms with Crippen molar-refractivity contribution in [3.63, 3.8) is 0 Å². The van der Waals surface area contributed by atoms with Crippen LogP contribution >= 0.6 is 0 Å². The molecule has 6 heteroatoms. The van der Waals surface area contributed by atoms with Gasteiger partial charge in [0.15, 0.2) is 17.0 Å². The van der Waals surface area contributed by atoms with Gasteiger partial charge >= 0.3 is 0 Å². The molecule has 0 saturated heterocycles. The number of fused-ring (bicyclic) bond motifs is 1. The van der Waals surface area contributed by atoms with Crippen molar-refractivity contribution in [3.05, 3.63) is 94.5 Å². The first-order chi connectivity index (χ1) is 15.6. The molecule has 0 radical (unpaired) electrons. The Kier molecular flexibility index (Phi) is 4.65. The van der Waals surface area contributed by atoms with Crippen molar-refractivity contribution in [1.29, 1.82) is 5.26 Å². The lowest BCUT2D eigenvalue weighted by molar-refractivity contribution is -0.0463. The van der Waals surface area contributed by atoms with Crippen LogP contribution in [0, 0.1) is 11.3 Å². The number of carbonyl (C=O) groups excluding carboxylic acids is 1. The number of methoxy groups -OCH3 is 2. The third kappa shape index (κ3) is 2.65. The van der Waals surface area contributed by atoms with E-state index >= 15 is 0 Å². The van der Waals surface area contributed by atoms with Gasteiger partial charge in [0.25, 0.3) is 5.91 Å². The van der Waals surface area contributed by atoms with Gasteiger partial charge in [-0.3, -0.25) is 9.69 Å². The number of rotatable bonds is 3. The molecule has 160 valence electrons. The quantitative estimate of drug-likeness (QED) is 0.692. The molecule has 0 spiro atoms. The van der Waals surface area contributed by atoms with Gasteiger partial charge in [-0.15, -0.1) is 0 Å². The number of carbonyl (C=O) groups is 1. The molecule has 3 aromatic rings. The van der Waals surface area contributed by atoms with Gasteiger partial charge in [-0.05, 0) is 46.5 Å². The highest BCUT2D eigenvalue weighted by Gasteiger charge is 2.56. The summed E-state index contributed by atoms with van der Waals surface area (Å²) in [5, 5.41) is 22.2. The summed E-state index contributed by atoms with van der Waals surface area (Å²) >= 11 is 0. The van der Waals surface area contributed by atoms with E-state index in [0.29, 0.717) is 17.1 Å². The van der Waals surface area contributed by atoms with E-state index in [9.17, 15) is 15.2 Å². The Labute approximate surface area is 186 Å². The third-order valence-corrected chi connectivity index (χ3v) is 6.57. The zero-order valence-corrected chi connectivity index (χ0v) is 17.8. The van der Waals surface area contributed by atoms with Crippen LogP contribution in [0.4, 0.5) is 0 Å². The topological polar surface area (TPSA) is 82.8 Å². The Balaban J connectivity index is 1.81. The van der Waals surface area contributed by atoms with E-state index in [1.54, 1.807) is 38.5 Å². The Bertz CT molecular complexity index is 1250. The molecule has 6 nitrogen and oxygen atoms in total. The molecule has 3 aromatic carbocycles. The van der Waals surface area contributed by atoms with Crippen LogP contribution in [0.5, 0.6) is 11.5 Å². The van der Waals surface area contributed by atoms with E-state index in [2.05, 4.69) is 6.07 Å². The summed E-state index contributed by atoms with van der Waals surface area (Å²) in [5.41, 5.74) is 2.28. The number of hydrogen-bond acceptors (Lipinski definition) is 5. The maximum atomic E-state index is 13.7. The van der Waals surface area contributed by atoms with Crippen molar-refractivity contribution in [3.8, 4) is 17.6 Å². The molecule has 3 atom stereocenters. The maximum Gasteiger partial charge on any atom is 0.257 e. The van der Waals surface area contributed by atoms with Gasteiger partial charge in [-0.2, -0.15) is 5.26 Å². The van der Waals surface area contributed by atoms with Crippen molar-refractivity contribution < 1.29 is 19.4 Å². The lowest BCUT2D eigenvalue weighted by atomic mass is 9.76. The zero-order chi connectivity index (χ0) is 22.5. The van der Waals surface area contributed by atoms with Crippen LogP contribution in [0.15, 0.2) is 66.7 Å². The van der Waals surface area contributed by atoms with Crippen molar-refractivity contribution in [2.45, 2.75) is 24.1 Å². The summed E-state index contributed by atoms with van der Waals surface area (Å²) in [6, 6.07) is 22.4. The smallest absolute Gasteiger partial charge is 0.257 e. The van der Waals surface area contributed by atoms with Crippen molar-refractivity contribution in [2.75, 3.05) is 14.2 Å². The van der Waals surface area contributed by atoms with E-state index < -0.39 is 17.7 Å². The Hall–Kier alpha value is -3.82.